The fourth-order valence-corrected chi connectivity index (χ4v) is 2.49. The lowest BCUT2D eigenvalue weighted by Gasteiger charge is -2.05. The lowest BCUT2D eigenvalue weighted by atomic mass is 10.2. The molecule has 1 unspecified atom stereocenters. The molecule has 1 aromatic carbocycles. The van der Waals surface area contributed by atoms with E-state index in [9.17, 15) is 22.0 Å². The zero-order chi connectivity index (χ0) is 16.1. The second kappa shape index (κ2) is 6.95. The number of benzene rings is 1. The number of sulfonamides is 1. The third kappa shape index (κ3) is 5.77. The van der Waals surface area contributed by atoms with E-state index in [2.05, 4.69) is 19.5 Å². The van der Waals surface area contributed by atoms with E-state index in [0.717, 1.165) is 6.26 Å². The van der Waals surface area contributed by atoms with Crippen molar-refractivity contribution >= 4 is 26.0 Å². The maximum absolute atomic E-state index is 11.8. The van der Waals surface area contributed by atoms with Crippen molar-refractivity contribution in [3.8, 4) is 0 Å². The van der Waals surface area contributed by atoms with Gasteiger partial charge in [0.25, 0.3) is 5.91 Å². The van der Waals surface area contributed by atoms with E-state index in [-0.39, 0.29) is 17.1 Å². The maximum Gasteiger partial charge on any atom is 0.471 e. The minimum Gasteiger partial charge on any atom is -0.338 e. The van der Waals surface area contributed by atoms with E-state index in [4.69, 9.17) is 0 Å². The van der Waals surface area contributed by atoms with Crippen LogP contribution in [0.3, 0.4) is 0 Å². The second-order valence-corrected chi connectivity index (χ2v) is 7.31. The van der Waals surface area contributed by atoms with Crippen molar-refractivity contribution in [1.29, 1.82) is 0 Å². The van der Waals surface area contributed by atoms with Crippen LogP contribution >= 0.6 is 0 Å². The van der Waals surface area contributed by atoms with E-state index in [1.807, 2.05) is 0 Å². The second-order valence-electron chi connectivity index (χ2n) is 3.89. The van der Waals surface area contributed by atoms with Gasteiger partial charge in [0.15, 0.2) is 4.90 Å². The highest BCUT2D eigenvalue weighted by Gasteiger charge is 2.22. The predicted octanol–water partition coefficient (Wildman–Crippen LogP) is -0.945. The van der Waals surface area contributed by atoms with Crippen LogP contribution in [0.5, 0.6) is 0 Å². The normalized spacial score (nSPS) is 14.2. The average molecular weight is 338 g/mol. The van der Waals surface area contributed by atoms with Crippen LogP contribution in [0.1, 0.15) is 10.4 Å². The Balaban J connectivity index is 2.88. The third-order valence-electron chi connectivity index (χ3n) is 2.17. The van der Waals surface area contributed by atoms with Crippen molar-refractivity contribution < 1.29 is 25.9 Å². The molecular weight excluding hydrogens is 322 g/mol. The van der Waals surface area contributed by atoms with Crippen LogP contribution in [0, 0.1) is 0 Å². The summed E-state index contributed by atoms with van der Waals surface area (Å²) in [5.41, 5.74) is 2.19. The Labute approximate surface area is 122 Å². The zero-order valence-corrected chi connectivity index (χ0v) is 13.0. The molecule has 0 saturated heterocycles. The number of amides is 1. The molecule has 9 nitrogen and oxygen atoms in total. The van der Waals surface area contributed by atoms with Crippen molar-refractivity contribution in [3.63, 3.8) is 0 Å². The van der Waals surface area contributed by atoms with E-state index in [0.29, 0.717) is 0 Å². The lowest BCUT2D eigenvalue weighted by molar-refractivity contribution is 0.0254. The van der Waals surface area contributed by atoms with Gasteiger partial charge in [-0.05, 0) is 22.1 Å². The summed E-state index contributed by atoms with van der Waals surface area (Å²) in [5, 5.41) is 2.31. The first-order valence-corrected chi connectivity index (χ1v) is 8.93. The van der Waals surface area contributed by atoms with Crippen molar-refractivity contribution in [3.05, 3.63) is 29.8 Å². The van der Waals surface area contributed by atoms with Crippen molar-refractivity contribution in [2.24, 2.45) is 0 Å². The summed E-state index contributed by atoms with van der Waals surface area (Å²) >= 11 is 0. The van der Waals surface area contributed by atoms with Crippen molar-refractivity contribution in [1.82, 2.24) is 15.5 Å². The fourth-order valence-electron chi connectivity index (χ4n) is 1.31. The van der Waals surface area contributed by atoms with E-state index in [1.165, 1.54) is 31.3 Å². The summed E-state index contributed by atoms with van der Waals surface area (Å²) in [6.07, 6.45) is 0.954. The average Bonchev–Trinajstić information content (AvgIpc) is 2.37. The summed E-state index contributed by atoms with van der Waals surface area (Å²) in [7, 11) is -5.86. The third-order valence-corrected chi connectivity index (χ3v) is 4.08. The van der Waals surface area contributed by atoms with Gasteiger partial charge < -0.3 is 5.32 Å². The number of carbonyl (C=O) groups excluding carboxylic acids is 1. The van der Waals surface area contributed by atoms with Gasteiger partial charge in [0.1, 0.15) is 0 Å². The Morgan fingerprint density at radius 3 is 2.57 bits per heavy atom. The van der Waals surface area contributed by atoms with Gasteiger partial charge in [-0.2, -0.15) is 4.72 Å². The van der Waals surface area contributed by atoms with E-state index in [1.54, 1.807) is 0 Å². The minimum atomic E-state index is -3.76. The van der Waals surface area contributed by atoms with Gasteiger partial charge in [-0.1, -0.05) is 6.07 Å². The molecule has 11 heteroatoms. The number of hydrogen-bond acceptors (Lipinski definition) is 4. The lowest BCUT2D eigenvalue weighted by Crippen LogP contribution is -2.36. The summed E-state index contributed by atoms with van der Waals surface area (Å²) in [6.45, 7) is -0.288. The summed E-state index contributed by atoms with van der Waals surface area (Å²) in [6, 6.07) is 5.32. The molecule has 0 radical (unpaired) electrons. The first kappa shape index (κ1) is 17.5. The van der Waals surface area contributed by atoms with Gasteiger partial charge in [-0.3, -0.25) is 4.79 Å². The number of rotatable bonds is 6. The molecule has 4 N–H and O–H groups in total. The van der Waals surface area contributed by atoms with Gasteiger partial charge >= 0.3 is 10.1 Å². The van der Waals surface area contributed by atoms with Crippen LogP contribution in [0.4, 0.5) is 0 Å². The van der Waals surface area contributed by atoms with Crippen molar-refractivity contribution in [2.75, 3.05) is 20.0 Å². The molecule has 1 atom stereocenters. The van der Waals surface area contributed by atoms with Crippen LogP contribution in [0.25, 0.3) is 0 Å². The Hall–Kier alpha value is -1.53. The van der Waals surface area contributed by atoms with Gasteiger partial charge in [-0.15, -0.1) is 4.21 Å². The SMILES string of the molecule is CN[O+]=S(=O)(O)c1cccc(C(=O)NCNS(C)(=O)=O)c1. The highest BCUT2D eigenvalue weighted by Crippen LogP contribution is 2.12. The molecule has 0 saturated carbocycles. The molecule has 0 heterocycles. The summed E-state index contributed by atoms with van der Waals surface area (Å²) < 4.78 is 49.6. The molecule has 1 rings (SSSR count). The topological polar surface area (TPSA) is 136 Å². The standard InChI is InChI=1S/C10H15N3O6S2/c1-11-19-21(17,18)9-5-3-4-8(6-9)10(14)12-7-13-20(2,15)16/h3-6,11,13H,7H2,1-2H3,(H-,12,14,17,18)/p+1. The first-order chi connectivity index (χ1) is 9.65. The molecule has 21 heavy (non-hydrogen) atoms. The van der Waals surface area contributed by atoms with Crippen LogP contribution in [0.2, 0.25) is 0 Å². The highest BCUT2D eigenvalue weighted by atomic mass is 32.2. The van der Waals surface area contributed by atoms with Gasteiger partial charge in [-0.25, -0.2) is 13.0 Å². The molecule has 118 valence electrons. The predicted molar refractivity (Wildman–Crippen MR) is 75.5 cm³/mol. The van der Waals surface area contributed by atoms with Crippen LogP contribution in [-0.4, -0.2) is 43.1 Å². The first-order valence-electron chi connectivity index (χ1n) is 5.60. The number of hydrogen-bond donors (Lipinski definition) is 4. The molecule has 0 aliphatic rings. The van der Waals surface area contributed by atoms with E-state index >= 15 is 0 Å². The number of hydroxylamine groups is 1. The van der Waals surface area contributed by atoms with Crippen LogP contribution in [-0.2, 0) is 24.1 Å². The molecule has 0 aliphatic heterocycles. The zero-order valence-electron chi connectivity index (χ0n) is 11.3. The Bertz CT molecular complexity index is 737. The molecule has 0 fully saturated rings. The Kier molecular flexibility index (Phi) is 5.80. The summed E-state index contributed by atoms with van der Waals surface area (Å²) in [5.74, 6) is -0.604. The maximum atomic E-state index is 11.8. The molecule has 0 aromatic heterocycles. The van der Waals surface area contributed by atoms with Gasteiger partial charge in [0.2, 0.25) is 10.0 Å². The van der Waals surface area contributed by atoms with E-state index < -0.39 is 26.0 Å². The minimum absolute atomic E-state index is 0.0873. The molecular formula is C10H16N3O6S2+. The van der Waals surface area contributed by atoms with Crippen LogP contribution < -0.4 is 15.5 Å². The molecule has 0 aliphatic carbocycles. The quantitative estimate of drug-likeness (QED) is 0.229. The Morgan fingerprint density at radius 2 is 2.00 bits per heavy atom. The monoisotopic (exact) mass is 338 g/mol. The van der Waals surface area contributed by atoms with Crippen molar-refractivity contribution in [2.45, 2.75) is 4.90 Å². The highest BCUT2D eigenvalue weighted by molar-refractivity contribution is 7.88. The molecule has 1 amide bonds. The largest absolute Gasteiger partial charge is 0.471 e. The van der Waals surface area contributed by atoms with Gasteiger partial charge in [0.05, 0.1) is 25.5 Å². The number of carbonyl (C=O) groups is 1. The fraction of sp³-hybridized carbons (Fsp3) is 0.300. The van der Waals surface area contributed by atoms with Crippen LogP contribution in [0.15, 0.2) is 29.2 Å². The smallest absolute Gasteiger partial charge is 0.338 e. The molecule has 1 aromatic rings. The molecule has 0 spiro atoms. The van der Waals surface area contributed by atoms with Gasteiger partial charge in [0, 0.05) is 5.56 Å². The summed E-state index contributed by atoms with van der Waals surface area (Å²) in [4.78, 5) is 11.7. The Morgan fingerprint density at radius 1 is 1.33 bits per heavy atom. The number of nitrogens with one attached hydrogen (secondary N) is 3. The molecule has 0 bridgehead atoms.